The molecule has 0 aliphatic heterocycles. The van der Waals surface area contributed by atoms with Gasteiger partial charge in [-0.1, -0.05) is 49.6 Å². The van der Waals surface area contributed by atoms with Gasteiger partial charge in [-0.25, -0.2) is 8.42 Å². The first-order valence-corrected chi connectivity index (χ1v) is 12.3. The Bertz CT molecular complexity index is 970. The number of hydrogen-bond donors (Lipinski definition) is 1. The molecule has 1 saturated carbocycles. The van der Waals surface area contributed by atoms with Crippen LogP contribution in [-0.4, -0.2) is 44.9 Å². The van der Waals surface area contributed by atoms with Gasteiger partial charge in [0, 0.05) is 12.6 Å². The second-order valence-corrected chi connectivity index (χ2v) is 10.0. The van der Waals surface area contributed by atoms with Crippen molar-refractivity contribution in [2.24, 2.45) is 0 Å². The summed E-state index contributed by atoms with van der Waals surface area (Å²) in [5.74, 6) is 0.388. The van der Waals surface area contributed by atoms with Crippen molar-refractivity contribution in [1.29, 1.82) is 0 Å². The van der Waals surface area contributed by atoms with Crippen LogP contribution in [0.25, 0.3) is 0 Å². The highest BCUT2D eigenvalue weighted by Gasteiger charge is 2.28. The van der Waals surface area contributed by atoms with Crippen LogP contribution >= 0.6 is 0 Å². The second-order valence-electron chi connectivity index (χ2n) is 8.11. The SMILES string of the molecule is COc1ccc(S(=O)(=O)N(CCc2ccccc2)CC(=O)NC2CCCCC2)cc1C. The highest BCUT2D eigenvalue weighted by atomic mass is 32.2. The van der Waals surface area contributed by atoms with Crippen LogP contribution in [0.4, 0.5) is 0 Å². The Morgan fingerprint density at radius 3 is 2.45 bits per heavy atom. The summed E-state index contributed by atoms with van der Waals surface area (Å²) in [5.41, 5.74) is 1.76. The number of rotatable bonds is 9. The summed E-state index contributed by atoms with van der Waals surface area (Å²) in [6.45, 7) is 1.86. The van der Waals surface area contributed by atoms with Crippen LogP contribution in [0.1, 0.15) is 43.2 Å². The van der Waals surface area contributed by atoms with Gasteiger partial charge in [-0.15, -0.1) is 0 Å². The molecule has 1 fully saturated rings. The fourth-order valence-electron chi connectivity index (χ4n) is 4.02. The maximum Gasteiger partial charge on any atom is 0.243 e. The molecule has 31 heavy (non-hydrogen) atoms. The van der Waals surface area contributed by atoms with Gasteiger partial charge in [-0.05, 0) is 55.5 Å². The number of benzene rings is 2. The van der Waals surface area contributed by atoms with Gasteiger partial charge in [0.05, 0.1) is 18.6 Å². The molecule has 1 N–H and O–H groups in total. The van der Waals surface area contributed by atoms with E-state index in [1.165, 1.54) is 16.8 Å². The van der Waals surface area contributed by atoms with Crippen LogP contribution in [-0.2, 0) is 21.2 Å². The monoisotopic (exact) mass is 444 g/mol. The smallest absolute Gasteiger partial charge is 0.243 e. The molecule has 0 unspecified atom stereocenters. The quantitative estimate of drug-likeness (QED) is 0.640. The average Bonchev–Trinajstić information content (AvgIpc) is 2.77. The molecule has 1 aliphatic rings. The zero-order chi connectivity index (χ0) is 22.3. The van der Waals surface area contributed by atoms with E-state index in [0.717, 1.165) is 36.8 Å². The molecule has 0 radical (unpaired) electrons. The zero-order valence-electron chi connectivity index (χ0n) is 18.3. The van der Waals surface area contributed by atoms with E-state index in [0.29, 0.717) is 12.2 Å². The molecule has 1 aliphatic carbocycles. The molecular weight excluding hydrogens is 412 g/mol. The summed E-state index contributed by atoms with van der Waals surface area (Å²) in [5, 5.41) is 3.04. The molecule has 0 saturated heterocycles. The summed E-state index contributed by atoms with van der Waals surface area (Å²) >= 11 is 0. The van der Waals surface area contributed by atoms with E-state index >= 15 is 0 Å². The highest BCUT2D eigenvalue weighted by molar-refractivity contribution is 7.89. The normalized spacial score (nSPS) is 15.1. The van der Waals surface area contributed by atoms with Crippen molar-refractivity contribution >= 4 is 15.9 Å². The van der Waals surface area contributed by atoms with Crippen LogP contribution in [0.3, 0.4) is 0 Å². The van der Waals surface area contributed by atoms with Crippen molar-refractivity contribution in [2.75, 3.05) is 20.2 Å². The molecule has 6 nitrogen and oxygen atoms in total. The number of methoxy groups -OCH3 is 1. The third kappa shape index (κ3) is 6.31. The van der Waals surface area contributed by atoms with Gasteiger partial charge in [0.25, 0.3) is 0 Å². The van der Waals surface area contributed by atoms with Crippen molar-refractivity contribution in [3.8, 4) is 5.75 Å². The minimum absolute atomic E-state index is 0.142. The maximum atomic E-state index is 13.4. The fraction of sp³-hybridized carbons (Fsp3) is 0.458. The van der Waals surface area contributed by atoms with Gasteiger partial charge in [0.1, 0.15) is 5.75 Å². The van der Waals surface area contributed by atoms with Crippen molar-refractivity contribution in [2.45, 2.75) is 56.4 Å². The lowest BCUT2D eigenvalue weighted by Gasteiger charge is -2.26. The molecule has 1 amide bonds. The van der Waals surface area contributed by atoms with Crippen LogP contribution < -0.4 is 10.1 Å². The van der Waals surface area contributed by atoms with Gasteiger partial charge in [-0.3, -0.25) is 4.79 Å². The summed E-state index contributed by atoms with van der Waals surface area (Å²) in [6.07, 6.45) is 5.85. The molecule has 168 valence electrons. The Labute approximate surface area is 185 Å². The molecule has 0 aromatic heterocycles. The van der Waals surface area contributed by atoms with Gasteiger partial charge < -0.3 is 10.1 Å². The minimum Gasteiger partial charge on any atom is -0.496 e. The van der Waals surface area contributed by atoms with E-state index in [2.05, 4.69) is 5.32 Å². The van der Waals surface area contributed by atoms with Crippen LogP contribution in [0.5, 0.6) is 5.75 Å². The molecule has 0 bridgehead atoms. The Morgan fingerprint density at radius 2 is 1.81 bits per heavy atom. The third-order valence-corrected chi connectivity index (χ3v) is 7.63. The zero-order valence-corrected chi connectivity index (χ0v) is 19.2. The molecule has 0 atom stereocenters. The predicted molar refractivity (Wildman–Crippen MR) is 122 cm³/mol. The number of hydrogen-bond acceptors (Lipinski definition) is 4. The van der Waals surface area contributed by atoms with E-state index in [1.54, 1.807) is 19.2 Å². The van der Waals surface area contributed by atoms with E-state index in [9.17, 15) is 13.2 Å². The molecule has 7 heteroatoms. The average molecular weight is 445 g/mol. The largest absolute Gasteiger partial charge is 0.496 e. The van der Waals surface area contributed by atoms with Crippen LogP contribution in [0.15, 0.2) is 53.4 Å². The molecule has 3 rings (SSSR count). The number of carbonyl (C=O) groups is 1. The van der Waals surface area contributed by atoms with Crippen LogP contribution in [0, 0.1) is 6.92 Å². The number of ether oxygens (including phenoxy) is 1. The Hall–Kier alpha value is -2.38. The highest BCUT2D eigenvalue weighted by Crippen LogP contribution is 2.24. The van der Waals surface area contributed by atoms with Gasteiger partial charge in [-0.2, -0.15) is 4.31 Å². The summed E-state index contributed by atoms with van der Waals surface area (Å²) in [4.78, 5) is 12.9. The van der Waals surface area contributed by atoms with Crippen LogP contribution in [0.2, 0.25) is 0 Å². The maximum absolute atomic E-state index is 13.4. The lowest BCUT2D eigenvalue weighted by atomic mass is 9.95. The minimum atomic E-state index is -3.84. The van der Waals surface area contributed by atoms with E-state index in [1.807, 2.05) is 37.3 Å². The van der Waals surface area contributed by atoms with Crippen molar-refractivity contribution < 1.29 is 17.9 Å². The number of amides is 1. The van der Waals surface area contributed by atoms with Gasteiger partial charge in [0.15, 0.2) is 0 Å². The van der Waals surface area contributed by atoms with E-state index in [4.69, 9.17) is 4.74 Å². The molecule has 0 spiro atoms. The standard InChI is InChI=1S/C24H32N2O4S/c1-19-17-22(13-14-23(19)30-2)31(28,29)26(16-15-20-9-5-3-6-10-20)18-24(27)25-21-11-7-4-8-12-21/h3,5-6,9-10,13-14,17,21H,4,7-8,11-12,15-16,18H2,1-2H3,(H,25,27). The van der Waals surface area contributed by atoms with Gasteiger partial charge in [0.2, 0.25) is 15.9 Å². The van der Waals surface area contributed by atoms with E-state index < -0.39 is 10.0 Å². The lowest BCUT2D eigenvalue weighted by Crippen LogP contribution is -2.45. The summed E-state index contributed by atoms with van der Waals surface area (Å²) < 4.78 is 33.4. The Balaban J connectivity index is 1.79. The Morgan fingerprint density at radius 1 is 1.10 bits per heavy atom. The second kappa shape index (κ2) is 10.8. The number of nitrogens with one attached hydrogen (secondary N) is 1. The van der Waals surface area contributed by atoms with Crippen molar-refractivity contribution in [1.82, 2.24) is 9.62 Å². The predicted octanol–water partition coefficient (Wildman–Crippen LogP) is 3.69. The molecular formula is C24H32N2O4S. The Kier molecular flexibility index (Phi) is 8.09. The summed E-state index contributed by atoms with van der Waals surface area (Å²) in [7, 11) is -2.28. The lowest BCUT2D eigenvalue weighted by molar-refractivity contribution is -0.122. The van der Waals surface area contributed by atoms with Gasteiger partial charge >= 0.3 is 0 Å². The first kappa shape index (κ1) is 23.3. The first-order valence-electron chi connectivity index (χ1n) is 10.9. The number of sulfonamides is 1. The number of aryl methyl sites for hydroxylation is 1. The van der Waals surface area contributed by atoms with Crippen molar-refractivity contribution in [3.05, 3.63) is 59.7 Å². The van der Waals surface area contributed by atoms with Crippen molar-refractivity contribution in [3.63, 3.8) is 0 Å². The molecule has 0 heterocycles. The third-order valence-electron chi connectivity index (χ3n) is 5.79. The molecule has 2 aromatic rings. The fourth-order valence-corrected chi connectivity index (χ4v) is 5.51. The topological polar surface area (TPSA) is 75.7 Å². The number of nitrogens with zero attached hydrogens (tertiary/aromatic N) is 1. The molecule has 2 aromatic carbocycles. The number of carbonyl (C=O) groups excluding carboxylic acids is 1. The summed E-state index contributed by atoms with van der Waals surface area (Å²) in [6, 6.07) is 14.6. The first-order chi connectivity index (χ1) is 14.9. The van der Waals surface area contributed by atoms with E-state index in [-0.39, 0.29) is 29.9 Å².